The Morgan fingerprint density at radius 3 is 2.76 bits per heavy atom. The molecule has 5 heteroatoms. The molecular weight excluding hydrogens is 243 g/mol. The van der Waals surface area contributed by atoms with E-state index in [4.69, 9.17) is 11.6 Å². The molecule has 0 unspecified atom stereocenters. The molecule has 2 N–H and O–H groups in total. The van der Waals surface area contributed by atoms with Crippen molar-refractivity contribution < 1.29 is 9.18 Å². The maximum Gasteiger partial charge on any atom is 0.253 e. The number of hydrogen-bond acceptors (Lipinski definition) is 2. The molecule has 1 aliphatic rings. The zero-order valence-corrected chi connectivity index (χ0v) is 10.1. The summed E-state index contributed by atoms with van der Waals surface area (Å²) in [6.07, 6.45) is 1.81. The first-order valence-electron chi connectivity index (χ1n) is 5.63. The second kappa shape index (κ2) is 5.47. The highest BCUT2D eigenvalue weighted by Crippen LogP contribution is 2.17. The minimum atomic E-state index is -0.437. The molecule has 0 aromatic heterocycles. The molecule has 2 rings (SSSR count). The molecule has 17 heavy (non-hydrogen) atoms. The summed E-state index contributed by atoms with van der Waals surface area (Å²) >= 11 is 5.83. The Morgan fingerprint density at radius 1 is 1.41 bits per heavy atom. The van der Waals surface area contributed by atoms with Gasteiger partial charge in [-0.1, -0.05) is 11.6 Å². The van der Waals surface area contributed by atoms with E-state index < -0.39 is 5.82 Å². The molecular formula is C12H14ClFN2O. The average molecular weight is 257 g/mol. The van der Waals surface area contributed by atoms with Gasteiger partial charge in [0, 0.05) is 6.04 Å². The fourth-order valence-electron chi connectivity index (χ4n) is 1.90. The van der Waals surface area contributed by atoms with Gasteiger partial charge in [-0.2, -0.15) is 0 Å². The summed E-state index contributed by atoms with van der Waals surface area (Å²) in [7, 11) is 0. The van der Waals surface area contributed by atoms with Crippen LogP contribution in [0.4, 0.5) is 4.39 Å². The van der Waals surface area contributed by atoms with Gasteiger partial charge in [0.1, 0.15) is 5.82 Å². The molecule has 0 atom stereocenters. The highest BCUT2D eigenvalue weighted by atomic mass is 35.5. The van der Waals surface area contributed by atoms with Gasteiger partial charge in [-0.05, 0) is 44.1 Å². The lowest BCUT2D eigenvalue weighted by Gasteiger charge is -2.23. The summed E-state index contributed by atoms with van der Waals surface area (Å²) < 4.78 is 12.8. The van der Waals surface area contributed by atoms with Crippen molar-refractivity contribution in [1.82, 2.24) is 10.6 Å². The first-order chi connectivity index (χ1) is 8.16. The largest absolute Gasteiger partial charge is 0.349 e. The van der Waals surface area contributed by atoms with Crippen LogP contribution in [0.2, 0.25) is 5.02 Å². The monoisotopic (exact) mass is 256 g/mol. The van der Waals surface area contributed by atoms with E-state index in [1.807, 2.05) is 0 Å². The van der Waals surface area contributed by atoms with Crippen LogP contribution < -0.4 is 10.6 Å². The number of halogens is 2. The smallest absolute Gasteiger partial charge is 0.253 e. The highest BCUT2D eigenvalue weighted by Gasteiger charge is 2.18. The van der Waals surface area contributed by atoms with Crippen LogP contribution in [-0.2, 0) is 0 Å². The number of piperidine rings is 1. The van der Waals surface area contributed by atoms with Gasteiger partial charge in [-0.3, -0.25) is 4.79 Å². The number of nitrogens with one attached hydrogen (secondary N) is 2. The molecule has 3 nitrogen and oxygen atoms in total. The topological polar surface area (TPSA) is 41.1 Å². The van der Waals surface area contributed by atoms with Gasteiger partial charge in [0.05, 0.1) is 10.6 Å². The Hall–Kier alpha value is -1.13. The van der Waals surface area contributed by atoms with Crippen molar-refractivity contribution in [2.45, 2.75) is 18.9 Å². The zero-order valence-electron chi connectivity index (χ0n) is 9.30. The normalized spacial score (nSPS) is 16.8. The molecule has 1 amide bonds. The van der Waals surface area contributed by atoms with Crippen LogP contribution in [0.1, 0.15) is 23.2 Å². The summed E-state index contributed by atoms with van der Waals surface area (Å²) in [6, 6.07) is 3.97. The van der Waals surface area contributed by atoms with E-state index in [0.29, 0.717) is 5.56 Å². The highest BCUT2D eigenvalue weighted by molar-refractivity contribution is 6.33. The lowest BCUT2D eigenvalue weighted by Crippen LogP contribution is -2.42. The summed E-state index contributed by atoms with van der Waals surface area (Å²) in [5.74, 6) is -0.671. The molecule has 1 saturated heterocycles. The fraction of sp³-hybridized carbons (Fsp3) is 0.417. The molecule has 0 radical (unpaired) electrons. The number of amides is 1. The van der Waals surface area contributed by atoms with Crippen molar-refractivity contribution in [3.63, 3.8) is 0 Å². The van der Waals surface area contributed by atoms with E-state index in [1.165, 1.54) is 12.1 Å². The third kappa shape index (κ3) is 3.17. The van der Waals surface area contributed by atoms with Crippen molar-refractivity contribution >= 4 is 17.5 Å². The molecule has 1 aliphatic heterocycles. The van der Waals surface area contributed by atoms with E-state index in [0.717, 1.165) is 32.0 Å². The Morgan fingerprint density at radius 2 is 2.12 bits per heavy atom. The maximum atomic E-state index is 12.8. The van der Waals surface area contributed by atoms with Crippen molar-refractivity contribution in [2.24, 2.45) is 0 Å². The molecule has 1 fully saturated rings. The Labute approximate surface area is 104 Å². The molecule has 0 spiro atoms. The van der Waals surface area contributed by atoms with Gasteiger partial charge in [-0.15, -0.1) is 0 Å². The predicted molar refractivity (Wildman–Crippen MR) is 64.8 cm³/mol. The Bertz CT molecular complexity index is 419. The molecule has 1 aromatic carbocycles. The van der Waals surface area contributed by atoms with Crippen LogP contribution in [-0.4, -0.2) is 25.0 Å². The average Bonchev–Trinajstić information content (AvgIpc) is 2.30. The first kappa shape index (κ1) is 12.3. The summed E-state index contributed by atoms with van der Waals surface area (Å²) in [6.45, 7) is 1.81. The quantitative estimate of drug-likeness (QED) is 0.849. The number of carbonyl (C=O) groups excluding carboxylic acids is 1. The van der Waals surface area contributed by atoms with Crippen LogP contribution in [0, 0.1) is 5.82 Å². The third-order valence-corrected chi connectivity index (χ3v) is 3.16. The number of benzene rings is 1. The second-order valence-electron chi connectivity index (χ2n) is 4.12. The van der Waals surface area contributed by atoms with E-state index in [-0.39, 0.29) is 17.0 Å². The van der Waals surface area contributed by atoms with Crippen molar-refractivity contribution in [1.29, 1.82) is 0 Å². The van der Waals surface area contributed by atoms with Gasteiger partial charge < -0.3 is 10.6 Å². The maximum absolute atomic E-state index is 12.8. The van der Waals surface area contributed by atoms with Gasteiger partial charge in [0.2, 0.25) is 0 Å². The summed E-state index contributed by atoms with van der Waals surface area (Å²) in [5.41, 5.74) is 0.326. The van der Waals surface area contributed by atoms with Crippen molar-refractivity contribution in [3.8, 4) is 0 Å². The van der Waals surface area contributed by atoms with E-state index in [2.05, 4.69) is 10.6 Å². The minimum Gasteiger partial charge on any atom is -0.349 e. The summed E-state index contributed by atoms with van der Waals surface area (Å²) in [5, 5.41) is 6.28. The number of hydrogen-bond donors (Lipinski definition) is 2. The van der Waals surface area contributed by atoms with E-state index in [1.54, 1.807) is 0 Å². The van der Waals surface area contributed by atoms with Gasteiger partial charge in [0.25, 0.3) is 5.91 Å². The Kier molecular flexibility index (Phi) is 3.97. The zero-order chi connectivity index (χ0) is 12.3. The molecule has 0 aliphatic carbocycles. The summed E-state index contributed by atoms with van der Waals surface area (Å²) in [4.78, 5) is 11.9. The molecule has 1 heterocycles. The Balaban J connectivity index is 2.03. The fourth-order valence-corrected chi connectivity index (χ4v) is 2.16. The second-order valence-corrected chi connectivity index (χ2v) is 4.53. The van der Waals surface area contributed by atoms with Crippen molar-refractivity contribution in [3.05, 3.63) is 34.6 Å². The molecule has 0 saturated carbocycles. The third-order valence-electron chi connectivity index (χ3n) is 2.85. The lowest BCUT2D eigenvalue weighted by atomic mass is 10.1. The molecule has 0 bridgehead atoms. The van der Waals surface area contributed by atoms with Crippen molar-refractivity contribution in [2.75, 3.05) is 13.1 Å². The van der Waals surface area contributed by atoms with Crippen LogP contribution in [0.5, 0.6) is 0 Å². The molecule has 1 aromatic rings. The van der Waals surface area contributed by atoms with Crippen LogP contribution in [0.3, 0.4) is 0 Å². The number of carbonyl (C=O) groups is 1. The van der Waals surface area contributed by atoms with Gasteiger partial charge in [-0.25, -0.2) is 4.39 Å². The standard InChI is InChI=1S/C12H14ClFN2O/c13-11-7-8(14)1-2-10(11)12(17)16-9-3-5-15-6-4-9/h1-2,7,9,15H,3-6H2,(H,16,17). The predicted octanol–water partition coefficient (Wildman–Crippen LogP) is 1.96. The van der Waals surface area contributed by atoms with Crippen LogP contribution in [0.15, 0.2) is 18.2 Å². The minimum absolute atomic E-state index is 0.149. The first-order valence-corrected chi connectivity index (χ1v) is 6.01. The van der Waals surface area contributed by atoms with Crippen LogP contribution >= 0.6 is 11.6 Å². The SMILES string of the molecule is O=C(NC1CCNCC1)c1ccc(F)cc1Cl. The molecule has 92 valence electrons. The van der Waals surface area contributed by atoms with Gasteiger partial charge >= 0.3 is 0 Å². The lowest BCUT2D eigenvalue weighted by molar-refractivity contribution is 0.0929. The van der Waals surface area contributed by atoms with Gasteiger partial charge in [0.15, 0.2) is 0 Å². The van der Waals surface area contributed by atoms with Crippen LogP contribution in [0.25, 0.3) is 0 Å². The van der Waals surface area contributed by atoms with E-state index in [9.17, 15) is 9.18 Å². The number of rotatable bonds is 2. The van der Waals surface area contributed by atoms with E-state index >= 15 is 0 Å².